The summed E-state index contributed by atoms with van der Waals surface area (Å²) in [4.78, 5) is 13.0. The Kier molecular flexibility index (Phi) is 7.54. The molecule has 1 amide bonds. The maximum atomic E-state index is 14.4. The van der Waals surface area contributed by atoms with Crippen molar-refractivity contribution in [2.24, 2.45) is 0 Å². The summed E-state index contributed by atoms with van der Waals surface area (Å²) in [7, 11) is -3.24. The number of benzene rings is 2. The van der Waals surface area contributed by atoms with E-state index in [9.17, 15) is 44.1 Å². The number of hydrogen-bond donors (Lipinski definition) is 2. The van der Waals surface area contributed by atoms with Gasteiger partial charge in [0.15, 0.2) is 17.2 Å². The van der Waals surface area contributed by atoms with Gasteiger partial charge in [0.2, 0.25) is 11.6 Å². The number of nitrogens with one attached hydrogen (secondary N) is 2. The predicted octanol–water partition coefficient (Wildman–Crippen LogP) is 6.06. The Morgan fingerprint density at radius 3 is 2.18 bits per heavy atom. The molecule has 0 saturated carbocycles. The van der Waals surface area contributed by atoms with Crippen LogP contribution in [0.5, 0.6) is 17.4 Å². The molecular formula is C21H14F8N4O4S. The van der Waals surface area contributed by atoms with Crippen LogP contribution >= 0.6 is 0 Å². The molecule has 1 aromatic heterocycles. The first kappa shape index (κ1) is 28.5. The molecule has 0 aliphatic rings. The summed E-state index contributed by atoms with van der Waals surface area (Å²) in [6, 6.07) is 5.80. The van der Waals surface area contributed by atoms with Crippen molar-refractivity contribution in [3.05, 3.63) is 64.9 Å². The second-order valence-electron chi connectivity index (χ2n) is 7.52. The van der Waals surface area contributed by atoms with Crippen molar-refractivity contribution in [2.45, 2.75) is 24.4 Å². The van der Waals surface area contributed by atoms with Crippen LogP contribution in [0.4, 0.5) is 40.8 Å². The summed E-state index contributed by atoms with van der Waals surface area (Å²) in [5.41, 5.74) is -3.49. The maximum absolute atomic E-state index is 14.4. The van der Waals surface area contributed by atoms with Gasteiger partial charge in [-0.05, 0) is 42.8 Å². The Balaban J connectivity index is 2.08. The Hall–Kier alpha value is -4.02. The molecule has 17 heteroatoms. The summed E-state index contributed by atoms with van der Waals surface area (Å²) in [5, 5.41) is 8.27. The Morgan fingerprint density at radius 2 is 1.61 bits per heavy atom. The van der Waals surface area contributed by atoms with Crippen LogP contribution in [0.3, 0.4) is 0 Å². The molecular weight excluding hydrogens is 556 g/mol. The van der Waals surface area contributed by atoms with E-state index >= 15 is 0 Å². The zero-order valence-corrected chi connectivity index (χ0v) is 19.7. The van der Waals surface area contributed by atoms with E-state index < -0.39 is 74.0 Å². The molecule has 3 aromatic rings. The number of amides is 1. The van der Waals surface area contributed by atoms with Crippen molar-refractivity contribution < 1.29 is 53.6 Å². The number of ether oxygens (including phenoxy) is 2. The highest BCUT2D eigenvalue weighted by Gasteiger charge is 2.39. The van der Waals surface area contributed by atoms with Crippen LogP contribution in [0.2, 0.25) is 0 Å². The molecule has 2 N–H and O–H groups in total. The third kappa shape index (κ3) is 6.45. The number of alkyl halides is 6. The lowest BCUT2D eigenvalue weighted by Crippen LogP contribution is -2.21. The van der Waals surface area contributed by atoms with Crippen LogP contribution in [-0.4, -0.2) is 32.9 Å². The first-order valence-electron chi connectivity index (χ1n) is 9.89. The lowest BCUT2D eigenvalue weighted by molar-refractivity contribution is -0.275. The van der Waals surface area contributed by atoms with Crippen LogP contribution in [-0.2, 0) is 15.9 Å². The first-order valence-corrected chi connectivity index (χ1v) is 11.9. The molecule has 0 saturated heterocycles. The van der Waals surface area contributed by atoms with E-state index in [-0.39, 0.29) is 10.6 Å². The number of nitrogens with zero attached hydrogens (tertiary/aromatic N) is 2. The summed E-state index contributed by atoms with van der Waals surface area (Å²) in [5.74, 6) is -9.23. The highest BCUT2D eigenvalue weighted by molar-refractivity contribution is 7.91. The third-order valence-electron chi connectivity index (χ3n) is 4.67. The number of anilines is 1. The van der Waals surface area contributed by atoms with Crippen molar-refractivity contribution in [1.82, 2.24) is 10.2 Å². The zero-order valence-electron chi connectivity index (χ0n) is 18.9. The standard InChI is InChI=1S/C21H14F8N4O4S/c1-9-14(18(34)31-10-4-3-5-11(8-10)38(2,30)35)19(33-32-17(9)20(24,25)26)36-12-6-7-13(16(23)15(12)22)37-21(27,28)29/h3-8,30H,1-2H3,(H,31,34)/t38-/m0/s1. The smallest absolute Gasteiger partial charge is 0.434 e. The Labute approximate surface area is 208 Å². The first-order chi connectivity index (χ1) is 17.4. The highest BCUT2D eigenvalue weighted by Crippen LogP contribution is 2.37. The molecule has 0 aliphatic carbocycles. The SMILES string of the molecule is Cc1c(C(F)(F)F)nnc(Oc2ccc(OC(F)(F)F)c(F)c2F)c1C(=O)Nc1cccc([S@@](C)(=N)=O)c1. The molecule has 1 heterocycles. The quantitative estimate of drug-likeness (QED) is 0.349. The van der Waals surface area contributed by atoms with Crippen molar-refractivity contribution >= 4 is 21.3 Å². The summed E-state index contributed by atoms with van der Waals surface area (Å²) in [6.07, 6.45) is -9.37. The topological polar surface area (TPSA) is 114 Å². The number of halogens is 8. The van der Waals surface area contributed by atoms with Crippen molar-refractivity contribution in [2.75, 3.05) is 11.6 Å². The van der Waals surface area contributed by atoms with E-state index in [1.54, 1.807) is 0 Å². The molecule has 8 nitrogen and oxygen atoms in total. The van der Waals surface area contributed by atoms with Crippen molar-refractivity contribution in [3.8, 4) is 17.4 Å². The fourth-order valence-electron chi connectivity index (χ4n) is 3.02. The average molecular weight is 570 g/mol. The molecule has 0 unspecified atom stereocenters. The molecule has 2 aromatic carbocycles. The largest absolute Gasteiger partial charge is 0.573 e. The number of aromatic nitrogens is 2. The average Bonchev–Trinajstić information content (AvgIpc) is 2.77. The minimum atomic E-state index is -5.36. The Bertz CT molecular complexity index is 1510. The van der Waals surface area contributed by atoms with Crippen LogP contribution in [0.1, 0.15) is 21.6 Å². The summed E-state index contributed by atoms with van der Waals surface area (Å²) in [6.45, 7) is 0.815. The van der Waals surface area contributed by atoms with E-state index in [4.69, 9.17) is 9.52 Å². The molecule has 38 heavy (non-hydrogen) atoms. The van der Waals surface area contributed by atoms with Crippen molar-refractivity contribution in [3.63, 3.8) is 0 Å². The van der Waals surface area contributed by atoms with Gasteiger partial charge in [0, 0.05) is 16.8 Å². The fraction of sp³-hybridized carbons (Fsp3) is 0.190. The number of hydrogen-bond acceptors (Lipinski definition) is 7. The predicted molar refractivity (Wildman–Crippen MR) is 114 cm³/mol. The van der Waals surface area contributed by atoms with E-state index in [1.165, 1.54) is 18.2 Å². The lowest BCUT2D eigenvalue weighted by atomic mass is 10.1. The number of carbonyl (C=O) groups is 1. The molecule has 0 aliphatic heterocycles. The third-order valence-corrected chi connectivity index (χ3v) is 5.82. The number of carbonyl (C=O) groups excluding carboxylic acids is 1. The monoisotopic (exact) mass is 570 g/mol. The molecule has 204 valence electrons. The van der Waals surface area contributed by atoms with Crippen LogP contribution in [0.15, 0.2) is 41.3 Å². The summed E-state index contributed by atoms with van der Waals surface area (Å²) >= 11 is 0. The molecule has 0 radical (unpaired) electrons. The molecule has 0 spiro atoms. The Morgan fingerprint density at radius 1 is 1.00 bits per heavy atom. The second-order valence-corrected chi connectivity index (χ2v) is 9.68. The van der Waals surface area contributed by atoms with E-state index in [0.29, 0.717) is 12.1 Å². The molecule has 1 atom stereocenters. The number of rotatable bonds is 6. The van der Waals surface area contributed by atoms with Gasteiger partial charge >= 0.3 is 12.5 Å². The van der Waals surface area contributed by atoms with Gasteiger partial charge in [-0.1, -0.05) is 6.07 Å². The van der Waals surface area contributed by atoms with Gasteiger partial charge in [0.25, 0.3) is 11.8 Å². The van der Waals surface area contributed by atoms with E-state index in [2.05, 4.69) is 20.3 Å². The van der Waals surface area contributed by atoms with Gasteiger partial charge in [-0.25, -0.2) is 8.99 Å². The lowest BCUT2D eigenvalue weighted by Gasteiger charge is -2.17. The second kappa shape index (κ2) is 10.0. The van der Waals surface area contributed by atoms with Gasteiger partial charge < -0.3 is 14.8 Å². The van der Waals surface area contributed by atoms with Gasteiger partial charge in [0.05, 0.1) is 9.73 Å². The van der Waals surface area contributed by atoms with Crippen molar-refractivity contribution in [1.29, 1.82) is 4.78 Å². The van der Waals surface area contributed by atoms with Crippen LogP contribution in [0, 0.1) is 23.3 Å². The summed E-state index contributed by atoms with van der Waals surface area (Å²) < 4.78 is 134. The van der Waals surface area contributed by atoms with Gasteiger partial charge in [-0.15, -0.1) is 23.4 Å². The van der Waals surface area contributed by atoms with Gasteiger partial charge in [-0.2, -0.15) is 22.0 Å². The fourth-order valence-corrected chi connectivity index (χ4v) is 3.71. The zero-order chi connectivity index (χ0) is 28.6. The minimum absolute atomic E-state index is 0.0222. The minimum Gasteiger partial charge on any atom is -0.434 e. The van der Waals surface area contributed by atoms with E-state index in [0.717, 1.165) is 19.2 Å². The van der Waals surface area contributed by atoms with Crippen LogP contribution < -0.4 is 14.8 Å². The normalized spacial score (nSPS) is 13.5. The van der Waals surface area contributed by atoms with Crippen LogP contribution in [0.25, 0.3) is 0 Å². The molecule has 3 rings (SSSR count). The molecule has 0 bridgehead atoms. The van der Waals surface area contributed by atoms with Gasteiger partial charge in [0.1, 0.15) is 5.56 Å². The molecule has 0 fully saturated rings. The highest BCUT2D eigenvalue weighted by atomic mass is 32.2. The van der Waals surface area contributed by atoms with E-state index in [1.807, 2.05) is 0 Å². The van der Waals surface area contributed by atoms with Gasteiger partial charge in [-0.3, -0.25) is 4.79 Å². The maximum Gasteiger partial charge on any atom is 0.573 e.